The van der Waals surface area contributed by atoms with E-state index in [2.05, 4.69) is 10.2 Å². The lowest BCUT2D eigenvalue weighted by molar-refractivity contribution is 0.243. The van der Waals surface area contributed by atoms with Gasteiger partial charge in [0.2, 0.25) is 0 Å². The van der Waals surface area contributed by atoms with Gasteiger partial charge in [0.1, 0.15) is 0 Å². The van der Waals surface area contributed by atoms with Gasteiger partial charge < -0.3 is 21.7 Å². The maximum atomic E-state index is 10.8. The maximum absolute atomic E-state index is 10.8. The second-order valence-corrected chi connectivity index (χ2v) is 4.39. The van der Waals surface area contributed by atoms with E-state index in [1.165, 1.54) is 0 Å². The lowest BCUT2D eigenvalue weighted by atomic mass is 10.0. The zero-order chi connectivity index (χ0) is 12.3. The Morgan fingerprint density at radius 1 is 1.35 bits per heavy atom. The van der Waals surface area contributed by atoms with Crippen LogP contribution >= 0.6 is 0 Å². The third-order valence-corrected chi connectivity index (χ3v) is 3.03. The molecule has 1 aromatic carbocycles. The molecule has 2 rings (SSSR count). The number of carbonyl (C=O) groups is 1. The molecule has 0 aliphatic carbocycles. The first-order valence-electron chi connectivity index (χ1n) is 5.81. The van der Waals surface area contributed by atoms with E-state index < -0.39 is 6.03 Å². The van der Waals surface area contributed by atoms with Gasteiger partial charge in [0, 0.05) is 30.5 Å². The predicted octanol–water partition coefficient (Wildman–Crippen LogP) is 0.906. The molecule has 1 unspecified atom stereocenters. The molecule has 0 spiro atoms. The standard InChI is InChI=1S/C12H18N4O/c13-9-3-5-11(6-4-9)16-7-1-2-10(8-16)15-12(14)17/h3-6,10H,1-2,7-8,13H2,(H3,14,15,17). The second-order valence-electron chi connectivity index (χ2n) is 4.39. The molecule has 17 heavy (non-hydrogen) atoms. The number of hydrogen-bond acceptors (Lipinski definition) is 3. The minimum Gasteiger partial charge on any atom is -0.399 e. The van der Waals surface area contributed by atoms with Crippen LogP contribution in [0.1, 0.15) is 12.8 Å². The Labute approximate surface area is 101 Å². The first-order valence-corrected chi connectivity index (χ1v) is 5.81. The first kappa shape index (κ1) is 11.6. The largest absolute Gasteiger partial charge is 0.399 e. The quantitative estimate of drug-likeness (QED) is 0.665. The van der Waals surface area contributed by atoms with Crippen molar-refractivity contribution in [3.8, 4) is 0 Å². The molecule has 0 bridgehead atoms. The lowest BCUT2D eigenvalue weighted by Crippen LogP contribution is -2.49. The summed E-state index contributed by atoms with van der Waals surface area (Å²) in [6, 6.07) is 7.47. The summed E-state index contributed by atoms with van der Waals surface area (Å²) in [6.07, 6.45) is 2.03. The number of anilines is 2. The van der Waals surface area contributed by atoms with Crippen LogP contribution in [0.4, 0.5) is 16.2 Å². The molecule has 1 aromatic rings. The van der Waals surface area contributed by atoms with Gasteiger partial charge in [-0.05, 0) is 37.1 Å². The molecule has 1 saturated heterocycles. The molecule has 5 nitrogen and oxygen atoms in total. The second kappa shape index (κ2) is 4.95. The van der Waals surface area contributed by atoms with Crippen molar-refractivity contribution >= 4 is 17.4 Å². The highest BCUT2D eigenvalue weighted by atomic mass is 16.2. The van der Waals surface area contributed by atoms with E-state index >= 15 is 0 Å². The van der Waals surface area contributed by atoms with E-state index in [1.807, 2.05) is 24.3 Å². The van der Waals surface area contributed by atoms with E-state index in [-0.39, 0.29) is 6.04 Å². The van der Waals surface area contributed by atoms with Crippen molar-refractivity contribution in [2.24, 2.45) is 5.73 Å². The van der Waals surface area contributed by atoms with Gasteiger partial charge in [-0.2, -0.15) is 0 Å². The average molecular weight is 234 g/mol. The zero-order valence-corrected chi connectivity index (χ0v) is 9.73. The van der Waals surface area contributed by atoms with Crippen LogP contribution in [0.25, 0.3) is 0 Å². The highest BCUT2D eigenvalue weighted by Gasteiger charge is 2.20. The van der Waals surface area contributed by atoms with Crippen LogP contribution in [0.5, 0.6) is 0 Å². The van der Waals surface area contributed by atoms with Crippen molar-refractivity contribution in [3.63, 3.8) is 0 Å². The van der Waals surface area contributed by atoms with Crippen LogP contribution < -0.4 is 21.7 Å². The number of nitrogens with zero attached hydrogens (tertiary/aromatic N) is 1. The van der Waals surface area contributed by atoms with Crippen LogP contribution in [0.2, 0.25) is 0 Å². The highest BCUT2D eigenvalue weighted by Crippen LogP contribution is 2.20. The van der Waals surface area contributed by atoms with E-state index in [4.69, 9.17) is 11.5 Å². The summed E-state index contributed by atoms with van der Waals surface area (Å²) in [5.41, 5.74) is 12.7. The summed E-state index contributed by atoms with van der Waals surface area (Å²) in [5, 5.41) is 2.77. The molecule has 2 amide bonds. The van der Waals surface area contributed by atoms with Crippen molar-refractivity contribution in [1.82, 2.24) is 5.32 Å². The van der Waals surface area contributed by atoms with Gasteiger partial charge in [0.05, 0.1) is 0 Å². The summed E-state index contributed by atoms with van der Waals surface area (Å²) in [7, 11) is 0. The normalized spacial score (nSPS) is 20.0. The van der Waals surface area contributed by atoms with Gasteiger partial charge in [0.15, 0.2) is 0 Å². The average Bonchev–Trinajstić information content (AvgIpc) is 2.29. The van der Waals surface area contributed by atoms with Gasteiger partial charge in [-0.15, -0.1) is 0 Å². The van der Waals surface area contributed by atoms with Crippen molar-refractivity contribution in [1.29, 1.82) is 0 Å². The van der Waals surface area contributed by atoms with Gasteiger partial charge in [-0.1, -0.05) is 0 Å². The molecular weight excluding hydrogens is 216 g/mol. The molecule has 5 N–H and O–H groups in total. The minimum atomic E-state index is -0.450. The maximum Gasteiger partial charge on any atom is 0.312 e. The summed E-state index contributed by atoms with van der Waals surface area (Å²) in [4.78, 5) is 13.1. The van der Waals surface area contributed by atoms with Crippen molar-refractivity contribution in [2.45, 2.75) is 18.9 Å². The molecule has 0 saturated carbocycles. The van der Waals surface area contributed by atoms with Gasteiger partial charge in [-0.3, -0.25) is 0 Å². The molecule has 92 valence electrons. The number of amides is 2. The SMILES string of the molecule is NC(=O)NC1CCCN(c2ccc(N)cc2)C1. The number of hydrogen-bond donors (Lipinski definition) is 3. The Balaban J connectivity index is 2.01. The summed E-state index contributed by atoms with van der Waals surface area (Å²) in [5.74, 6) is 0. The smallest absolute Gasteiger partial charge is 0.312 e. The number of nitrogen functional groups attached to an aromatic ring is 1. The topological polar surface area (TPSA) is 84.4 Å². The van der Waals surface area contributed by atoms with Crippen LogP contribution in [0, 0.1) is 0 Å². The Morgan fingerprint density at radius 3 is 2.71 bits per heavy atom. The number of nitrogens with one attached hydrogen (secondary N) is 1. The Morgan fingerprint density at radius 2 is 2.06 bits per heavy atom. The molecule has 5 heteroatoms. The molecule has 1 heterocycles. The summed E-state index contributed by atoms with van der Waals surface area (Å²) in [6.45, 7) is 1.80. The number of rotatable bonds is 2. The number of nitrogens with two attached hydrogens (primary N) is 2. The van der Waals surface area contributed by atoms with E-state index in [0.29, 0.717) is 0 Å². The van der Waals surface area contributed by atoms with E-state index in [9.17, 15) is 4.79 Å². The fourth-order valence-corrected chi connectivity index (χ4v) is 2.22. The van der Waals surface area contributed by atoms with Crippen LogP contribution in [0.3, 0.4) is 0 Å². The van der Waals surface area contributed by atoms with Crippen molar-refractivity contribution < 1.29 is 4.79 Å². The van der Waals surface area contributed by atoms with Crippen LogP contribution in [0.15, 0.2) is 24.3 Å². The zero-order valence-electron chi connectivity index (χ0n) is 9.73. The van der Waals surface area contributed by atoms with E-state index in [1.54, 1.807) is 0 Å². The van der Waals surface area contributed by atoms with Crippen molar-refractivity contribution in [2.75, 3.05) is 23.7 Å². The van der Waals surface area contributed by atoms with Gasteiger partial charge in [0.25, 0.3) is 0 Å². The number of piperidine rings is 1. The van der Waals surface area contributed by atoms with Gasteiger partial charge in [-0.25, -0.2) is 4.79 Å². The van der Waals surface area contributed by atoms with E-state index in [0.717, 1.165) is 37.3 Å². The Kier molecular flexibility index (Phi) is 3.37. The molecular formula is C12H18N4O. The van der Waals surface area contributed by atoms with Crippen LogP contribution in [-0.4, -0.2) is 25.2 Å². The summed E-state index contributed by atoms with van der Waals surface area (Å²) < 4.78 is 0. The number of urea groups is 1. The first-order chi connectivity index (χ1) is 8.15. The number of primary amides is 1. The Bertz CT molecular complexity index is 390. The molecule has 1 aliphatic heterocycles. The summed E-state index contributed by atoms with van der Waals surface area (Å²) >= 11 is 0. The number of carbonyl (C=O) groups excluding carboxylic acids is 1. The minimum absolute atomic E-state index is 0.138. The third-order valence-electron chi connectivity index (χ3n) is 3.03. The predicted molar refractivity (Wildman–Crippen MR) is 68.8 cm³/mol. The molecule has 0 aromatic heterocycles. The van der Waals surface area contributed by atoms with Crippen molar-refractivity contribution in [3.05, 3.63) is 24.3 Å². The fourth-order valence-electron chi connectivity index (χ4n) is 2.22. The molecule has 1 aliphatic rings. The lowest BCUT2D eigenvalue weighted by Gasteiger charge is -2.34. The Hall–Kier alpha value is -1.91. The monoisotopic (exact) mass is 234 g/mol. The molecule has 1 atom stereocenters. The third kappa shape index (κ3) is 3.03. The highest BCUT2D eigenvalue weighted by molar-refractivity contribution is 5.72. The van der Waals surface area contributed by atoms with Gasteiger partial charge >= 0.3 is 6.03 Å². The fraction of sp³-hybridized carbons (Fsp3) is 0.417. The van der Waals surface area contributed by atoms with Crippen LogP contribution in [-0.2, 0) is 0 Å². The molecule has 1 fully saturated rings. The number of benzene rings is 1. The molecule has 0 radical (unpaired) electrons.